The summed E-state index contributed by atoms with van der Waals surface area (Å²) in [5.41, 5.74) is 0.341. The Balaban J connectivity index is 1.41. The van der Waals surface area contributed by atoms with E-state index in [1.54, 1.807) is 12.1 Å². The summed E-state index contributed by atoms with van der Waals surface area (Å²) in [6, 6.07) is 9.03. The Morgan fingerprint density at radius 1 is 1.18 bits per heavy atom. The molecule has 2 aliphatic heterocycles. The molecule has 1 amide bonds. The minimum absolute atomic E-state index is 0.00658. The highest BCUT2D eigenvalue weighted by Crippen LogP contribution is 2.28. The SMILES string of the molecule is O=C1O[C@@H](CNS(=O)(=O)c2cccc([N+](=O)[O-])c2)CN1c1ccc(N2CCOCC2)c(F)c1. The molecule has 0 unspecified atom stereocenters. The Bertz CT molecular complexity index is 1170. The lowest BCUT2D eigenvalue weighted by Gasteiger charge is -2.29. The van der Waals surface area contributed by atoms with E-state index in [4.69, 9.17) is 9.47 Å². The summed E-state index contributed by atoms with van der Waals surface area (Å²) >= 11 is 0. The second-order valence-electron chi connectivity index (χ2n) is 7.46. The first kappa shape index (κ1) is 22.9. The van der Waals surface area contributed by atoms with Gasteiger partial charge in [0.05, 0.1) is 41.0 Å². The number of amides is 1. The number of morpholine rings is 1. The van der Waals surface area contributed by atoms with E-state index in [9.17, 15) is 27.7 Å². The number of nitrogens with zero attached hydrogens (tertiary/aromatic N) is 3. The Morgan fingerprint density at radius 3 is 2.64 bits per heavy atom. The van der Waals surface area contributed by atoms with Crippen LogP contribution < -0.4 is 14.5 Å². The maximum atomic E-state index is 14.7. The molecule has 1 atom stereocenters. The summed E-state index contributed by atoms with van der Waals surface area (Å²) in [6.45, 7) is 1.90. The Hall–Kier alpha value is -3.29. The van der Waals surface area contributed by atoms with Crippen LogP contribution in [0.3, 0.4) is 0 Å². The number of nitrogens with one attached hydrogen (secondary N) is 1. The van der Waals surface area contributed by atoms with Crippen LogP contribution in [-0.4, -0.2) is 64.9 Å². The van der Waals surface area contributed by atoms with Gasteiger partial charge in [0.15, 0.2) is 0 Å². The van der Waals surface area contributed by atoms with Gasteiger partial charge in [-0.3, -0.25) is 15.0 Å². The van der Waals surface area contributed by atoms with Crippen LogP contribution in [0.4, 0.5) is 26.2 Å². The lowest BCUT2D eigenvalue weighted by molar-refractivity contribution is -0.385. The molecule has 0 bridgehead atoms. The van der Waals surface area contributed by atoms with Gasteiger partial charge in [-0.25, -0.2) is 22.3 Å². The van der Waals surface area contributed by atoms with Crippen molar-refractivity contribution in [1.29, 1.82) is 0 Å². The molecule has 176 valence electrons. The average Bonchev–Trinajstić information content (AvgIpc) is 3.19. The van der Waals surface area contributed by atoms with Crippen LogP contribution in [-0.2, 0) is 19.5 Å². The highest BCUT2D eigenvalue weighted by molar-refractivity contribution is 7.89. The number of cyclic esters (lactones) is 1. The fourth-order valence-corrected chi connectivity index (χ4v) is 4.72. The van der Waals surface area contributed by atoms with Gasteiger partial charge >= 0.3 is 6.09 Å². The van der Waals surface area contributed by atoms with Crippen LogP contribution in [0.1, 0.15) is 0 Å². The van der Waals surface area contributed by atoms with Crippen molar-refractivity contribution in [3.8, 4) is 0 Å². The van der Waals surface area contributed by atoms with E-state index in [2.05, 4.69) is 4.72 Å². The van der Waals surface area contributed by atoms with E-state index in [-0.39, 0.29) is 23.7 Å². The minimum Gasteiger partial charge on any atom is -0.443 e. The third-order valence-corrected chi connectivity index (χ3v) is 6.73. The fourth-order valence-electron chi connectivity index (χ4n) is 3.61. The predicted molar refractivity (Wildman–Crippen MR) is 115 cm³/mol. The molecule has 0 spiro atoms. The molecule has 0 aliphatic carbocycles. The first-order valence-electron chi connectivity index (χ1n) is 10.1. The normalized spacial score (nSPS) is 18.9. The maximum Gasteiger partial charge on any atom is 0.414 e. The van der Waals surface area contributed by atoms with Gasteiger partial charge in [-0.05, 0) is 24.3 Å². The van der Waals surface area contributed by atoms with Gasteiger partial charge in [-0.15, -0.1) is 0 Å². The molecule has 11 nitrogen and oxygen atoms in total. The van der Waals surface area contributed by atoms with Crippen molar-refractivity contribution in [2.24, 2.45) is 0 Å². The highest BCUT2D eigenvalue weighted by Gasteiger charge is 2.34. The first-order valence-corrected chi connectivity index (χ1v) is 11.6. The summed E-state index contributed by atoms with van der Waals surface area (Å²) in [7, 11) is -4.07. The van der Waals surface area contributed by atoms with E-state index in [0.717, 1.165) is 6.07 Å². The predicted octanol–water partition coefficient (Wildman–Crippen LogP) is 1.87. The molecule has 2 aliphatic rings. The molecule has 2 heterocycles. The molecular weight excluding hydrogens is 459 g/mol. The molecule has 4 rings (SSSR count). The number of carbonyl (C=O) groups is 1. The maximum absolute atomic E-state index is 14.7. The summed E-state index contributed by atoms with van der Waals surface area (Å²) < 4.78 is 52.4. The van der Waals surface area contributed by atoms with Crippen molar-refractivity contribution in [3.05, 3.63) is 58.4 Å². The highest BCUT2D eigenvalue weighted by atomic mass is 32.2. The quantitative estimate of drug-likeness (QED) is 0.469. The number of benzene rings is 2. The van der Waals surface area contributed by atoms with Crippen molar-refractivity contribution in [2.45, 2.75) is 11.0 Å². The van der Waals surface area contributed by atoms with Crippen LogP contribution in [0, 0.1) is 15.9 Å². The van der Waals surface area contributed by atoms with E-state index >= 15 is 0 Å². The number of carbonyl (C=O) groups excluding carboxylic acids is 1. The summed E-state index contributed by atoms with van der Waals surface area (Å²) in [4.78, 5) is 25.3. The number of rotatable bonds is 7. The van der Waals surface area contributed by atoms with Gasteiger partial charge in [0, 0.05) is 31.8 Å². The molecule has 13 heteroatoms. The molecule has 2 saturated heterocycles. The second kappa shape index (κ2) is 9.29. The number of non-ortho nitro benzene ring substituents is 1. The van der Waals surface area contributed by atoms with Crippen molar-refractivity contribution < 1.29 is 32.0 Å². The molecule has 1 N–H and O–H groups in total. The van der Waals surface area contributed by atoms with Crippen LogP contribution in [0.25, 0.3) is 0 Å². The number of hydrogen-bond donors (Lipinski definition) is 1. The zero-order valence-corrected chi connectivity index (χ0v) is 18.2. The number of nitro benzene ring substituents is 1. The van der Waals surface area contributed by atoms with E-state index in [1.165, 1.54) is 29.2 Å². The minimum atomic E-state index is -4.07. The summed E-state index contributed by atoms with van der Waals surface area (Å²) in [5, 5.41) is 10.9. The number of nitro groups is 1. The van der Waals surface area contributed by atoms with Gasteiger partial charge in [-0.2, -0.15) is 0 Å². The molecule has 2 aromatic rings. The molecule has 2 fully saturated rings. The largest absolute Gasteiger partial charge is 0.443 e. The summed E-state index contributed by atoms with van der Waals surface area (Å²) in [5.74, 6) is -0.489. The number of ether oxygens (including phenoxy) is 2. The molecular formula is C20H21FN4O7S. The fraction of sp³-hybridized carbons (Fsp3) is 0.350. The van der Waals surface area contributed by atoms with Crippen LogP contribution in [0.5, 0.6) is 0 Å². The Kier molecular flexibility index (Phi) is 6.44. The van der Waals surface area contributed by atoms with Crippen LogP contribution >= 0.6 is 0 Å². The van der Waals surface area contributed by atoms with Gasteiger partial charge in [0.1, 0.15) is 11.9 Å². The lowest BCUT2D eigenvalue weighted by Crippen LogP contribution is -2.37. The number of halogens is 1. The standard InChI is InChI=1S/C20H21FN4O7S/c21-18-11-14(4-5-19(18)23-6-8-31-9-7-23)24-13-16(32-20(24)26)12-22-33(29,30)17-3-1-2-15(10-17)25(27)28/h1-5,10-11,16,22H,6-9,12-13H2/t16-/m0/s1. The van der Waals surface area contributed by atoms with Crippen LogP contribution in [0.15, 0.2) is 47.4 Å². The van der Waals surface area contributed by atoms with Crippen molar-refractivity contribution in [2.75, 3.05) is 49.2 Å². The Labute approximate surface area is 188 Å². The van der Waals surface area contributed by atoms with Gasteiger partial charge < -0.3 is 14.4 Å². The summed E-state index contributed by atoms with van der Waals surface area (Å²) in [6.07, 6.45) is -1.55. The monoisotopic (exact) mass is 480 g/mol. The van der Waals surface area contributed by atoms with Crippen molar-refractivity contribution >= 4 is 33.2 Å². The number of anilines is 2. The van der Waals surface area contributed by atoms with Gasteiger partial charge in [0.2, 0.25) is 10.0 Å². The van der Waals surface area contributed by atoms with Gasteiger partial charge in [-0.1, -0.05) is 6.07 Å². The molecule has 0 aromatic heterocycles. The first-order chi connectivity index (χ1) is 15.7. The average molecular weight is 480 g/mol. The third kappa shape index (κ3) is 5.05. The van der Waals surface area contributed by atoms with E-state index in [0.29, 0.717) is 37.7 Å². The molecule has 33 heavy (non-hydrogen) atoms. The zero-order valence-electron chi connectivity index (χ0n) is 17.3. The topological polar surface area (TPSA) is 131 Å². The zero-order chi connectivity index (χ0) is 23.6. The van der Waals surface area contributed by atoms with Crippen molar-refractivity contribution in [1.82, 2.24) is 4.72 Å². The number of hydrogen-bond acceptors (Lipinski definition) is 8. The third-order valence-electron chi connectivity index (χ3n) is 5.31. The number of sulfonamides is 1. The van der Waals surface area contributed by atoms with Crippen LogP contribution in [0.2, 0.25) is 0 Å². The molecule has 0 radical (unpaired) electrons. The smallest absolute Gasteiger partial charge is 0.414 e. The van der Waals surface area contributed by atoms with E-state index in [1.807, 2.05) is 4.90 Å². The lowest BCUT2D eigenvalue weighted by atomic mass is 10.2. The second-order valence-corrected chi connectivity index (χ2v) is 9.22. The molecule has 0 saturated carbocycles. The Morgan fingerprint density at radius 2 is 1.94 bits per heavy atom. The molecule has 2 aromatic carbocycles. The van der Waals surface area contributed by atoms with E-state index < -0.39 is 33.0 Å². The van der Waals surface area contributed by atoms with Gasteiger partial charge in [0.25, 0.3) is 5.69 Å². The van der Waals surface area contributed by atoms with Crippen molar-refractivity contribution in [3.63, 3.8) is 0 Å².